The maximum Gasteiger partial charge on any atom is 0.306 e. The highest BCUT2D eigenvalue weighted by Crippen LogP contribution is 2.17. The number of esters is 3. The van der Waals surface area contributed by atoms with Gasteiger partial charge in [0.1, 0.15) is 13.2 Å². The van der Waals surface area contributed by atoms with Gasteiger partial charge in [0, 0.05) is 19.3 Å². The van der Waals surface area contributed by atoms with Gasteiger partial charge in [-0.2, -0.15) is 0 Å². The first-order valence-corrected chi connectivity index (χ1v) is 32.7. The molecule has 0 aliphatic rings. The van der Waals surface area contributed by atoms with Gasteiger partial charge < -0.3 is 14.2 Å². The molecule has 0 N–H and O–H groups in total. The Kier molecular flexibility index (Phi) is 61.8. The van der Waals surface area contributed by atoms with Crippen molar-refractivity contribution >= 4 is 17.9 Å². The Bertz CT molecular complexity index is 1510. The van der Waals surface area contributed by atoms with E-state index in [-0.39, 0.29) is 31.1 Å². The monoisotopic (exact) mass is 1070 g/mol. The predicted molar refractivity (Wildman–Crippen MR) is 334 cm³/mol. The van der Waals surface area contributed by atoms with Crippen molar-refractivity contribution in [1.82, 2.24) is 0 Å². The van der Waals surface area contributed by atoms with Crippen molar-refractivity contribution in [2.24, 2.45) is 0 Å². The van der Waals surface area contributed by atoms with E-state index >= 15 is 0 Å². The van der Waals surface area contributed by atoms with Crippen LogP contribution in [-0.4, -0.2) is 37.2 Å². The summed E-state index contributed by atoms with van der Waals surface area (Å²) in [5.74, 6) is -0.927. The number of carbonyl (C=O) groups excluding carboxylic acids is 3. The Morgan fingerprint density at radius 1 is 0.273 bits per heavy atom. The molecule has 0 fully saturated rings. The van der Waals surface area contributed by atoms with E-state index in [1.54, 1.807) is 0 Å². The number of unbranched alkanes of at least 4 members (excludes halogenated alkanes) is 32. The minimum atomic E-state index is -0.799. The van der Waals surface area contributed by atoms with E-state index in [1.807, 2.05) is 0 Å². The van der Waals surface area contributed by atoms with Crippen LogP contribution < -0.4 is 0 Å². The highest BCUT2D eigenvalue weighted by molar-refractivity contribution is 5.71. The largest absolute Gasteiger partial charge is 0.462 e. The Labute approximate surface area is 477 Å². The standard InChI is InChI=1S/C71H122O6/c1-4-7-10-13-16-19-22-25-28-31-34-35-38-40-43-46-49-52-55-58-61-64-70(73)76-67-68(77-71(74)65-62-59-56-53-50-47-44-41-37-33-30-27-24-21-18-15-12-9-6-3)66-75-69(72)63-60-57-54-51-48-45-42-39-36-32-29-26-23-20-17-14-11-8-5-2/h7,10,16,18-19,21,25,27-28,30,34-35,40,43,49,52,68H,4-6,8-9,11-15,17,20,22-24,26,29,31-33,36-39,41-42,44-48,50-51,53-67H2,1-3H3/b10-7-,19-16-,21-18-,28-25-,30-27-,35-34-,43-40-,52-49-. The van der Waals surface area contributed by atoms with Crippen molar-refractivity contribution < 1.29 is 28.6 Å². The van der Waals surface area contributed by atoms with Crippen molar-refractivity contribution in [3.63, 3.8) is 0 Å². The lowest BCUT2D eigenvalue weighted by atomic mass is 10.0. The number of carbonyl (C=O) groups is 3. The molecule has 1 atom stereocenters. The minimum absolute atomic E-state index is 0.0908. The Morgan fingerprint density at radius 3 is 0.844 bits per heavy atom. The van der Waals surface area contributed by atoms with Crippen LogP contribution in [0.1, 0.15) is 316 Å². The van der Waals surface area contributed by atoms with Crippen LogP contribution in [0.5, 0.6) is 0 Å². The molecule has 77 heavy (non-hydrogen) atoms. The summed E-state index contributed by atoms with van der Waals surface area (Å²) in [5.41, 5.74) is 0. The second kappa shape index (κ2) is 64.9. The zero-order chi connectivity index (χ0) is 55.7. The summed E-state index contributed by atoms with van der Waals surface area (Å²) >= 11 is 0. The molecule has 0 amide bonds. The molecular formula is C71H122O6. The fourth-order valence-electron chi connectivity index (χ4n) is 9.18. The lowest BCUT2D eigenvalue weighted by molar-refractivity contribution is -0.167. The molecular weight excluding hydrogens is 949 g/mol. The molecule has 0 heterocycles. The quantitative estimate of drug-likeness (QED) is 0.0261. The second-order valence-electron chi connectivity index (χ2n) is 21.6. The van der Waals surface area contributed by atoms with Crippen molar-refractivity contribution in [3.05, 3.63) is 97.2 Å². The molecule has 6 nitrogen and oxygen atoms in total. The Balaban J connectivity index is 4.45. The summed E-state index contributed by atoms with van der Waals surface area (Å²) in [7, 11) is 0. The van der Waals surface area contributed by atoms with Gasteiger partial charge in [0.2, 0.25) is 0 Å². The average Bonchev–Trinajstić information content (AvgIpc) is 3.43. The maximum absolute atomic E-state index is 12.9. The molecule has 0 saturated heterocycles. The third-order valence-electron chi connectivity index (χ3n) is 14.1. The number of hydrogen-bond acceptors (Lipinski definition) is 6. The van der Waals surface area contributed by atoms with E-state index in [0.717, 1.165) is 103 Å². The first kappa shape index (κ1) is 73.3. The van der Waals surface area contributed by atoms with E-state index in [4.69, 9.17) is 14.2 Å². The lowest BCUT2D eigenvalue weighted by Crippen LogP contribution is -2.30. The summed E-state index contributed by atoms with van der Waals surface area (Å²) in [6, 6.07) is 0. The number of ether oxygens (including phenoxy) is 3. The third-order valence-corrected chi connectivity index (χ3v) is 14.1. The van der Waals surface area contributed by atoms with Crippen LogP contribution in [0, 0.1) is 0 Å². The summed E-state index contributed by atoms with van der Waals surface area (Å²) < 4.78 is 16.9. The SMILES string of the molecule is CC/C=C\C/C=C\C/C=C\C/C=C\C/C=C\C/C=C\CCCCC(=O)OCC(COC(=O)CCCCCCCCCCCCCCCCCCCCC)OC(=O)CCCCCCCCCCC/C=C\C/C=C\CCCCC. The zero-order valence-electron chi connectivity index (χ0n) is 50.7. The summed E-state index contributed by atoms with van der Waals surface area (Å²) in [4.78, 5) is 38.4. The van der Waals surface area contributed by atoms with Gasteiger partial charge in [-0.25, -0.2) is 0 Å². The topological polar surface area (TPSA) is 78.9 Å². The number of hydrogen-bond donors (Lipinski definition) is 0. The van der Waals surface area contributed by atoms with Gasteiger partial charge >= 0.3 is 17.9 Å². The predicted octanol–water partition coefficient (Wildman–Crippen LogP) is 22.4. The van der Waals surface area contributed by atoms with Crippen LogP contribution in [0.4, 0.5) is 0 Å². The molecule has 0 aromatic heterocycles. The van der Waals surface area contributed by atoms with Crippen LogP contribution in [0.25, 0.3) is 0 Å². The van der Waals surface area contributed by atoms with E-state index < -0.39 is 6.10 Å². The van der Waals surface area contributed by atoms with Gasteiger partial charge in [-0.15, -0.1) is 0 Å². The molecule has 0 bridgehead atoms. The lowest BCUT2D eigenvalue weighted by Gasteiger charge is -2.18. The minimum Gasteiger partial charge on any atom is -0.462 e. The Hall–Kier alpha value is -3.67. The van der Waals surface area contributed by atoms with Crippen molar-refractivity contribution in [2.45, 2.75) is 322 Å². The maximum atomic E-state index is 12.9. The van der Waals surface area contributed by atoms with Crippen molar-refractivity contribution in [2.75, 3.05) is 13.2 Å². The third kappa shape index (κ3) is 63.0. The average molecular weight is 1070 g/mol. The molecule has 0 aromatic rings. The van der Waals surface area contributed by atoms with Gasteiger partial charge in [-0.3, -0.25) is 14.4 Å². The van der Waals surface area contributed by atoms with Gasteiger partial charge in [-0.1, -0.05) is 291 Å². The smallest absolute Gasteiger partial charge is 0.306 e. The molecule has 1 unspecified atom stereocenters. The van der Waals surface area contributed by atoms with Crippen LogP contribution in [0.3, 0.4) is 0 Å². The molecule has 442 valence electrons. The van der Waals surface area contributed by atoms with Crippen molar-refractivity contribution in [3.8, 4) is 0 Å². The molecule has 0 radical (unpaired) electrons. The van der Waals surface area contributed by atoms with Gasteiger partial charge in [0.15, 0.2) is 6.10 Å². The molecule has 0 aliphatic carbocycles. The van der Waals surface area contributed by atoms with E-state index in [2.05, 4.69) is 118 Å². The van der Waals surface area contributed by atoms with Gasteiger partial charge in [0.25, 0.3) is 0 Å². The van der Waals surface area contributed by atoms with E-state index in [9.17, 15) is 14.4 Å². The number of rotatable bonds is 59. The van der Waals surface area contributed by atoms with Gasteiger partial charge in [-0.05, 0) is 103 Å². The van der Waals surface area contributed by atoms with Crippen LogP contribution in [0.15, 0.2) is 97.2 Å². The fourth-order valence-corrected chi connectivity index (χ4v) is 9.18. The molecule has 6 heteroatoms. The first-order valence-electron chi connectivity index (χ1n) is 32.7. The molecule has 0 aliphatic heterocycles. The summed E-state index contributed by atoms with van der Waals surface area (Å²) in [6.45, 7) is 6.50. The molecule has 0 aromatic carbocycles. The number of allylic oxidation sites excluding steroid dienone is 16. The summed E-state index contributed by atoms with van der Waals surface area (Å²) in [6.07, 6.45) is 87.0. The Morgan fingerprint density at radius 2 is 0.506 bits per heavy atom. The van der Waals surface area contributed by atoms with Crippen LogP contribution in [0.2, 0.25) is 0 Å². The second-order valence-corrected chi connectivity index (χ2v) is 21.6. The molecule has 0 rings (SSSR count). The zero-order valence-corrected chi connectivity index (χ0v) is 50.7. The highest BCUT2D eigenvalue weighted by atomic mass is 16.6. The van der Waals surface area contributed by atoms with Gasteiger partial charge in [0.05, 0.1) is 0 Å². The molecule has 0 saturated carbocycles. The van der Waals surface area contributed by atoms with Crippen molar-refractivity contribution in [1.29, 1.82) is 0 Å². The molecule has 0 spiro atoms. The normalized spacial score (nSPS) is 12.7. The van der Waals surface area contributed by atoms with Crippen LogP contribution >= 0.6 is 0 Å². The summed E-state index contributed by atoms with van der Waals surface area (Å²) in [5, 5.41) is 0. The first-order chi connectivity index (χ1) is 38.0. The van der Waals surface area contributed by atoms with E-state index in [1.165, 1.54) is 173 Å². The van der Waals surface area contributed by atoms with Crippen LogP contribution in [-0.2, 0) is 28.6 Å². The van der Waals surface area contributed by atoms with E-state index in [0.29, 0.717) is 19.3 Å². The fraction of sp³-hybridized carbons (Fsp3) is 0.732. The highest BCUT2D eigenvalue weighted by Gasteiger charge is 2.19.